The highest BCUT2D eigenvalue weighted by Gasteiger charge is 2.22. The fourth-order valence-corrected chi connectivity index (χ4v) is 3.91. The van der Waals surface area contributed by atoms with Crippen molar-refractivity contribution in [2.45, 2.75) is 81.1 Å². The zero-order chi connectivity index (χ0) is 25.2. The van der Waals surface area contributed by atoms with Gasteiger partial charge in [-0.15, -0.1) is 0 Å². The maximum absolute atomic E-state index is 4.19. The molecule has 0 saturated carbocycles. The Balaban J connectivity index is -0.00000194. The van der Waals surface area contributed by atoms with E-state index in [0.717, 1.165) is 29.2 Å². The fraction of sp³-hybridized carbons (Fsp3) is 0.548. The van der Waals surface area contributed by atoms with Crippen molar-refractivity contribution in [3.05, 3.63) is 83.8 Å². The number of piperidine rings is 1. The molecule has 3 heteroatoms. The van der Waals surface area contributed by atoms with Gasteiger partial charge >= 0.3 is 0 Å². The molecule has 0 aromatic carbocycles. The highest BCUT2D eigenvalue weighted by atomic mass is 19.0. The molecule has 34 heavy (non-hydrogen) atoms. The first-order chi connectivity index (χ1) is 15.8. The van der Waals surface area contributed by atoms with E-state index in [1.165, 1.54) is 50.2 Å². The van der Waals surface area contributed by atoms with Gasteiger partial charge in [-0.1, -0.05) is 83.7 Å². The topological polar surface area (TPSA) is 15.3 Å². The lowest BCUT2D eigenvalue weighted by atomic mass is 9.92. The number of likely N-dealkylation sites (tertiary alicyclic amines) is 1. The van der Waals surface area contributed by atoms with Crippen molar-refractivity contribution in [2.75, 3.05) is 19.6 Å². The predicted octanol–water partition coefficient (Wildman–Crippen LogP) is 9.15. The van der Waals surface area contributed by atoms with E-state index >= 15 is 0 Å². The second-order valence-corrected chi connectivity index (χ2v) is 9.34. The minimum absolute atomic E-state index is 0. The molecule has 0 spiro atoms. The SMILES string of the molecule is C=CC(=C)C(=C\C(=C/C)C/C=C\C)/C=C(\C)N/C(=C\C)C1CCN(CC(C)C)CC1.CCC.F.[HH]. The molecule has 0 aliphatic carbocycles. The zero-order valence-electron chi connectivity index (χ0n) is 23.4. The summed E-state index contributed by atoms with van der Waals surface area (Å²) in [6, 6.07) is 0. The minimum Gasteiger partial charge on any atom is -0.363 e. The van der Waals surface area contributed by atoms with Crippen LogP contribution < -0.4 is 5.32 Å². The average Bonchev–Trinajstić information content (AvgIpc) is 2.79. The number of nitrogens with zero attached hydrogens (tertiary/aromatic N) is 1. The van der Waals surface area contributed by atoms with Gasteiger partial charge < -0.3 is 10.2 Å². The minimum atomic E-state index is 0. The highest BCUT2D eigenvalue weighted by Crippen LogP contribution is 2.25. The molecule has 0 bridgehead atoms. The Kier molecular flexibility index (Phi) is 20.3. The largest absolute Gasteiger partial charge is 0.363 e. The van der Waals surface area contributed by atoms with Gasteiger partial charge in [0, 0.05) is 25.3 Å². The molecule has 2 nitrogen and oxygen atoms in total. The maximum atomic E-state index is 4.19. The van der Waals surface area contributed by atoms with Gasteiger partial charge in [-0.2, -0.15) is 0 Å². The first-order valence-electron chi connectivity index (χ1n) is 12.9. The Morgan fingerprint density at radius 2 is 1.68 bits per heavy atom. The summed E-state index contributed by atoms with van der Waals surface area (Å²) in [4.78, 5) is 2.61. The van der Waals surface area contributed by atoms with Crippen molar-refractivity contribution in [1.29, 1.82) is 0 Å². The van der Waals surface area contributed by atoms with Crippen LogP contribution in [0, 0.1) is 11.8 Å². The number of hydrogen-bond acceptors (Lipinski definition) is 2. The van der Waals surface area contributed by atoms with Crippen LogP contribution in [-0.2, 0) is 0 Å². The average molecular weight is 475 g/mol. The van der Waals surface area contributed by atoms with E-state index in [4.69, 9.17) is 0 Å². The van der Waals surface area contributed by atoms with E-state index < -0.39 is 0 Å². The highest BCUT2D eigenvalue weighted by molar-refractivity contribution is 5.49. The predicted molar refractivity (Wildman–Crippen MR) is 156 cm³/mol. The summed E-state index contributed by atoms with van der Waals surface area (Å²) in [6.45, 7) is 29.0. The first-order valence-corrected chi connectivity index (χ1v) is 12.9. The third-order valence-corrected chi connectivity index (χ3v) is 5.59. The zero-order valence-corrected chi connectivity index (χ0v) is 23.4. The molecule has 0 unspecified atom stereocenters. The van der Waals surface area contributed by atoms with Crippen molar-refractivity contribution in [2.24, 2.45) is 11.8 Å². The molecule has 1 aliphatic rings. The summed E-state index contributed by atoms with van der Waals surface area (Å²) in [6.07, 6.45) is 19.5. The molecule has 1 N–H and O–H groups in total. The Morgan fingerprint density at radius 3 is 2.12 bits per heavy atom. The second-order valence-electron chi connectivity index (χ2n) is 9.34. The van der Waals surface area contributed by atoms with Crippen LogP contribution in [0.15, 0.2) is 83.8 Å². The molecule has 1 rings (SSSR count). The smallest absolute Gasteiger partial charge is 0.0137 e. The van der Waals surface area contributed by atoms with E-state index in [2.05, 4.69) is 115 Å². The van der Waals surface area contributed by atoms with Gasteiger partial charge in [-0.25, -0.2) is 0 Å². The lowest BCUT2D eigenvalue weighted by molar-refractivity contribution is 0.178. The summed E-state index contributed by atoms with van der Waals surface area (Å²) < 4.78 is 0. The van der Waals surface area contributed by atoms with Gasteiger partial charge in [0.25, 0.3) is 0 Å². The van der Waals surface area contributed by atoms with Crippen molar-refractivity contribution < 1.29 is 6.13 Å². The Labute approximate surface area is 212 Å². The van der Waals surface area contributed by atoms with Crippen molar-refractivity contribution >= 4 is 0 Å². The molecule has 0 radical (unpaired) electrons. The van der Waals surface area contributed by atoms with Crippen LogP contribution in [0.1, 0.15) is 82.5 Å². The summed E-state index contributed by atoms with van der Waals surface area (Å²) in [5.41, 5.74) is 5.81. The van der Waals surface area contributed by atoms with E-state index in [0.29, 0.717) is 5.92 Å². The van der Waals surface area contributed by atoms with Gasteiger partial charge in [0.1, 0.15) is 0 Å². The molecular formula is C31H55FN2. The van der Waals surface area contributed by atoms with Crippen LogP contribution in [0.25, 0.3) is 0 Å². The second kappa shape index (κ2) is 20.3. The van der Waals surface area contributed by atoms with Crippen LogP contribution >= 0.6 is 0 Å². The molecular weight excluding hydrogens is 419 g/mol. The lowest BCUT2D eigenvalue weighted by Crippen LogP contribution is -2.38. The third kappa shape index (κ3) is 14.2. The van der Waals surface area contributed by atoms with Gasteiger partial charge in [0.15, 0.2) is 0 Å². The van der Waals surface area contributed by atoms with Crippen LogP contribution in [0.4, 0.5) is 4.70 Å². The molecule has 1 fully saturated rings. The summed E-state index contributed by atoms with van der Waals surface area (Å²) >= 11 is 0. The molecule has 0 aromatic heterocycles. The fourth-order valence-electron chi connectivity index (χ4n) is 3.91. The number of nitrogens with one attached hydrogen (secondary N) is 1. The Hall–Kier alpha value is -2.13. The molecule has 196 valence electrons. The summed E-state index contributed by atoms with van der Waals surface area (Å²) in [5.74, 6) is 1.35. The first kappa shape index (κ1) is 34.0. The van der Waals surface area contributed by atoms with Crippen LogP contribution in [0.2, 0.25) is 0 Å². The van der Waals surface area contributed by atoms with Gasteiger partial charge in [-0.05, 0) is 88.8 Å². The van der Waals surface area contributed by atoms with Gasteiger partial charge in [-0.3, -0.25) is 4.70 Å². The molecule has 1 aliphatic heterocycles. The number of rotatable bonds is 11. The van der Waals surface area contributed by atoms with Crippen LogP contribution in [0.3, 0.4) is 0 Å². The van der Waals surface area contributed by atoms with E-state index in [-0.39, 0.29) is 6.13 Å². The molecule has 1 heterocycles. The molecule has 0 atom stereocenters. The number of hydrogen-bond donors (Lipinski definition) is 1. The third-order valence-electron chi connectivity index (χ3n) is 5.59. The number of halogens is 1. The number of allylic oxidation sites excluding steroid dienone is 12. The van der Waals surface area contributed by atoms with Gasteiger partial charge in [0.2, 0.25) is 0 Å². The van der Waals surface area contributed by atoms with Crippen LogP contribution in [0.5, 0.6) is 0 Å². The Bertz CT molecular complexity index is 733. The molecule has 1 saturated heterocycles. The molecule has 0 amide bonds. The van der Waals surface area contributed by atoms with Crippen molar-refractivity contribution in [3.63, 3.8) is 0 Å². The summed E-state index contributed by atoms with van der Waals surface area (Å²) in [7, 11) is 0. The standard InChI is InChI=1S/C28H44N2.C3H8.FH.H2/c1-9-13-14-25(11-3)20-27(23(7)10-2)19-24(8)29-28(12-4)26-15-17-30(18-16-26)21-22(5)6;1-3-2;;/h9-13,19-20,22,26,29H,2,7,14-18,21H2,1,3-6,8H3;3H2,1-2H3;2*1H/b13-9-,24-19+,25-11-,27-20-,28-12-;;;. The van der Waals surface area contributed by atoms with Crippen LogP contribution in [-0.4, -0.2) is 24.5 Å². The van der Waals surface area contributed by atoms with E-state index in [9.17, 15) is 0 Å². The van der Waals surface area contributed by atoms with Crippen molar-refractivity contribution in [1.82, 2.24) is 10.2 Å². The lowest BCUT2D eigenvalue weighted by Gasteiger charge is -2.34. The summed E-state index contributed by atoms with van der Waals surface area (Å²) in [5, 5.41) is 3.69. The quantitative estimate of drug-likeness (QED) is 0.237. The maximum Gasteiger partial charge on any atom is 0.0137 e. The van der Waals surface area contributed by atoms with Crippen molar-refractivity contribution in [3.8, 4) is 0 Å². The normalized spacial score (nSPS) is 16.7. The van der Waals surface area contributed by atoms with E-state index in [1.54, 1.807) is 0 Å². The molecule has 0 aromatic rings. The van der Waals surface area contributed by atoms with Gasteiger partial charge in [0.05, 0.1) is 0 Å². The Morgan fingerprint density at radius 1 is 1.09 bits per heavy atom. The van der Waals surface area contributed by atoms with E-state index in [1.807, 2.05) is 6.08 Å². The monoisotopic (exact) mass is 474 g/mol.